The Morgan fingerprint density at radius 1 is 1.35 bits per heavy atom. The van der Waals surface area contributed by atoms with E-state index in [1.807, 2.05) is 14.0 Å². The lowest BCUT2D eigenvalue weighted by Crippen LogP contribution is -2.04. The summed E-state index contributed by atoms with van der Waals surface area (Å²) in [4.78, 5) is 0. The molecule has 0 saturated heterocycles. The largest absolute Gasteiger partial charge is 0.493 e. The SMILES string of the molecule is CCc1nn(C)c(COc2cc(N)ccc2OC)c1Cl. The van der Waals surface area contributed by atoms with E-state index in [1.54, 1.807) is 30.0 Å². The fourth-order valence-electron chi connectivity index (χ4n) is 1.93. The number of aryl methyl sites for hydroxylation is 2. The summed E-state index contributed by atoms with van der Waals surface area (Å²) in [5, 5.41) is 5.00. The molecule has 2 rings (SSSR count). The fraction of sp³-hybridized carbons (Fsp3) is 0.357. The molecular formula is C14H18ClN3O2. The lowest BCUT2D eigenvalue weighted by atomic mass is 10.3. The Kier molecular flexibility index (Phi) is 4.39. The number of anilines is 1. The minimum absolute atomic E-state index is 0.308. The van der Waals surface area contributed by atoms with Crippen molar-refractivity contribution < 1.29 is 9.47 Å². The highest BCUT2D eigenvalue weighted by molar-refractivity contribution is 6.31. The summed E-state index contributed by atoms with van der Waals surface area (Å²) in [5.41, 5.74) is 8.07. The van der Waals surface area contributed by atoms with Crippen LogP contribution in [-0.2, 0) is 20.1 Å². The highest BCUT2D eigenvalue weighted by Crippen LogP contribution is 2.30. The summed E-state index contributed by atoms with van der Waals surface area (Å²) >= 11 is 6.28. The maximum atomic E-state index is 6.28. The molecule has 0 fully saturated rings. The van der Waals surface area contributed by atoms with Crippen LogP contribution in [0.4, 0.5) is 5.69 Å². The number of nitrogens with two attached hydrogens (primary N) is 1. The normalized spacial score (nSPS) is 10.6. The van der Waals surface area contributed by atoms with Gasteiger partial charge in [0.15, 0.2) is 11.5 Å². The van der Waals surface area contributed by atoms with Gasteiger partial charge in [-0.25, -0.2) is 0 Å². The monoisotopic (exact) mass is 295 g/mol. The maximum absolute atomic E-state index is 6.28. The van der Waals surface area contributed by atoms with Crippen LogP contribution in [0.5, 0.6) is 11.5 Å². The number of aromatic nitrogens is 2. The maximum Gasteiger partial charge on any atom is 0.163 e. The lowest BCUT2D eigenvalue weighted by molar-refractivity contribution is 0.276. The molecule has 1 aromatic carbocycles. The van der Waals surface area contributed by atoms with Gasteiger partial charge in [0, 0.05) is 18.8 Å². The topological polar surface area (TPSA) is 62.3 Å². The second-order valence-electron chi connectivity index (χ2n) is 4.38. The predicted molar refractivity (Wildman–Crippen MR) is 79.3 cm³/mol. The number of nitrogens with zero attached hydrogens (tertiary/aromatic N) is 2. The zero-order valence-electron chi connectivity index (χ0n) is 11.8. The molecule has 2 N–H and O–H groups in total. The summed E-state index contributed by atoms with van der Waals surface area (Å²) in [7, 11) is 3.44. The molecule has 0 aliphatic rings. The van der Waals surface area contributed by atoms with Gasteiger partial charge in [-0.05, 0) is 18.6 Å². The van der Waals surface area contributed by atoms with Crippen LogP contribution in [0.1, 0.15) is 18.3 Å². The molecule has 20 heavy (non-hydrogen) atoms. The summed E-state index contributed by atoms with van der Waals surface area (Å²) in [6.45, 7) is 2.32. The summed E-state index contributed by atoms with van der Waals surface area (Å²) in [6, 6.07) is 5.26. The Morgan fingerprint density at radius 3 is 2.70 bits per heavy atom. The average molecular weight is 296 g/mol. The first-order chi connectivity index (χ1) is 9.56. The molecule has 108 valence electrons. The number of hydrogen-bond donors (Lipinski definition) is 1. The van der Waals surface area contributed by atoms with Gasteiger partial charge in [-0.1, -0.05) is 18.5 Å². The van der Waals surface area contributed by atoms with Crippen LogP contribution in [0.15, 0.2) is 18.2 Å². The van der Waals surface area contributed by atoms with Crippen LogP contribution in [0.3, 0.4) is 0 Å². The third-order valence-electron chi connectivity index (χ3n) is 3.06. The van der Waals surface area contributed by atoms with Gasteiger partial charge < -0.3 is 15.2 Å². The second kappa shape index (κ2) is 6.05. The van der Waals surface area contributed by atoms with E-state index in [0.717, 1.165) is 17.8 Å². The van der Waals surface area contributed by atoms with Gasteiger partial charge >= 0.3 is 0 Å². The van der Waals surface area contributed by atoms with Crippen LogP contribution >= 0.6 is 11.6 Å². The Balaban J connectivity index is 2.21. The number of halogens is 1. The van der Waals surface area contributed by atoms with Gasteiger partial charge in [0.1, 0.15) is 6.61 Å². The van der Waals surface area contributed by atoms with Crippen molar-refractivity contribution in [3.8, 4) is 11.5 Å². The van der Waals surface area contributed by atoms with Gasteiger partial charge in [-0.2, -0.15) is 5.10 Å². The van der Waals surface area contributed by atoms with Crippen molar-refractivity contribution in [1.29, 1.82) is 0 Å². The smallest absolute Gasteiger partial charge is 0.163 e. The van der Waals surface area contributed by atoms with E-state index in [0.29, 0.717) is 28.8 Å². The first kappa shape index (κ1) is 14.5. The van der Waals surface area contributed by atoms with Crippen LogP contribution in [0.2, 0.25) is 5.02 Å². The number of nitrogen functional groups attached to an aromatic ring is 1. The number of methoxy groups -OCH3 is 1. The van der Waals surface area contributed by atoms with Crippen molar-refractivity contribution in [3.05, 3.63) is 34.6 Å². The standard InChI is InChI=1S/C14H18ClN3O2/c1-4-10-14(15)11(18(2)17-10)8-20-13-7-9(16)5-6-12(13)19-3/h5-7H,4,8,16H2,1-3H3. The van der Waals surface area contributed by atoms with Crippen LogP contribution in [0, 0.1) is 0 Å². The molecule has 0 spiro atoms. The Hall–Kier alpha value is -1.88. The molecule has 0 aliphatic carbocycles. The zero-order valence-corrected chi connectivity index (χ0v) is 12.6. The molecule has 0 amide bonds. The quantitative estimate of drug-likeness (QED) is 0.862. The van der Waals surface area contributed by atoms with Gasteiger partial charge in [0.05, 0.1) is 23.5 Å². The van der Waals surface area contributed by atoms with Crippen molar-refractivity contribution in [2.45, 2.75) is 20.0 Å². The molecule has 1 aromatic heterocycles. The summed E-state index contributed by atoms with van der Waals surface area (Å²) in [5.74, 6) is 1.22. The molecule has 2 aromatic rings. The lowest BCUT2D eigenvalue weighted by Gasteiger charge is -2.11. The molecule has 0 saturated carbocycles. The first-order valence-electron chi connectivity index (χ1n) is 6.33. The summed E-state index contributed by atoms with van der Waals surface area (Å²) in [6.07, 6.45) is 0.786. The summed E-state index contributed by atoms with van der Waals surface area (Å²) < 4.78 is 12.7. The number of hydrogen-bond acceptors (Lipinski definition) is 4. The van der Waals surface area contributed by atoms with Gasteiger partial charge in [0.25, 0.3) is 0 Å². The Bertz CT molecular complexity index is 611. The molecule has 1 heterocycles. The average Bonchev–Trinajstić information content (AvgIpc) is 2.71. The van der Waals surface area contributed by atoms with Gasteiger partial charge in [-0.15, -0.1) is 0 Å². The molecule has 0 atom stereocenters. The van der Waals surface area contributed by atoms with E-state index >= 15 is 0 Å². The number of ether oxygens (including phenoxy) is 2. The van der Waals surface area contributed by atoms with Crippen LogP contribution < -0.4 is 15.2 Å². The number of benzene rings is 1. The molecule has 6 heteroatoms. The van der Waals surface area contributed by atoms with Crippen molar-refractivity contribution >= 4 is 17.3 Å². The van der Waals surface area contributed by atoms with Crippen LogP contribution in [0.25, 0.3) is 0 Å². The second-order valence-corrected chi connectivity index (χ2v) is 4.76. The van der Waals surface area contributed by atoms with E-state index in [2.05, 4.69) is 5.10 Å². The highest BCUT2D eigenvalue weighted by atomic mass is 35.5. The minimum Gasteiger partial charge on any atom is -0.493 e. The predicted octanol–water partition coefficient (Wildman–Crippen LogP) is 2.81. The van der Waals surface area contributed by atoms with Crippen molar-refractivity contribution in [2.75, 3.05) is 12.8 Å². The van der Waals surface area contributed by atoms with Crippen molar-refractivity contribution in [3.63, 3.8) is 0 Å². The van der Waals surface area contributed by atoms with Crippen LogP contribution in [-0.4, -0.2) is 16.9 Å². The fourth-order valence-corrected chi connectivity index (χ4v) is 2.28. The molecule has 0 radical (unpaired) electrons. The van der Waals surface area contributed by atoms with E-state index in [-0.39, 0.29) is 0 Å². The molecule has 0 unspecified atom stereocenters. The molecule has 0 aliphatic heterocycles. The van der Waals surface area contributed by atoms with E-state index in [9.17, 15) is 0 Å². The zero-order chi connectivity index (χ0) is 14.7. The highest BCUT2D eigenvalue weighted by Gasteiger charge is 2.14. The first-order valence-corrected chi connectivity index (χ1v) is 6.71. The van der Waals surface area contributed by atoms with E-state index in [1.165, 1.54) is 0 Å². The molecule has 0 bridgehead atoms. The number of rotatable bonds is 5. The minimum atomic E-state index is 0.308. The van der Waals surface area contributed by atoms with E-state index in [4.69, 9.17) is 26.8 Å². The third-order valence-corrected chi connectivity index (χ3v) is 3.49. The molecular weight excluding hydrogens is 278 g/mol. The third kappa shape index (κ3) is 2.82. The van der Waals surface area contributed by atoms with Crippen molar-refractivity contribution in [1.82, 2.24) is 9.78 Å². The molecule has 5 nitrogen and oxygen atoms in total. The Morgan fingerprint density at radius 2 is 2.10 bits per heavy atom. The van der Waals surface area contributed by atoms with Gasteiger partial charge in [0.2, 0.25) is 0 Å². The van der Waals surface area contributed by atoms with E-state index < -0.39 is 0 Å². The van der Waals surface area contributed by atoms with Crippen molar-refractivity contribution in [2.24, 2.45) is 7.05 Å². The van der Waals surface area contributed by atoms with Gasteiger partial charge in [-0.3, -0.25) is 4.68 Å². The Labute approximate surface area is 123 Å².